The Morgan fingerprint density at radius 1 is 1.12 bits per heavy atom. The first-order valence-electron chi connectivity index (χ1n) is 8.24. The number of nitriles is 1. The van der Waals surface area contributed by atoms with Crippen LogP contribution in [0, 0.1) is 25.2 Å². The van der Waals surface area contributed by atoms with E-state index in [1.165, 1.54) is 5.56 Å². The molecule has 0 radical (unpaired) electrons. The van der Waals surface area contributed by atoms with Crippen LogP contribution in [0.25, 0.3) is 5.69 Å². The summed E-state index contributed by atoms with van der Waals surface area (Å²) in [4.78, 5) is 8.77. The number of rotatable bonds is 2. The zero-order chi connectivity index (χ0) is 18.3. The highest BCUT2D eigenvalue weighted by atomic mass is 16.5. The molecule has 0 spiro atoms. The van der Waals surface area contributed by atoms with Crippen LogP contribution in [0.2, 0.25) is 0 Å². The summed E-state index contributed by atoms with van der Waals surface area (Å²) in [5.74, 6) is 1.04. The molecule has 1 aromatic carbocycles. The molecule has 128 valence electrons. The van der Waals surface area contributed by atoms with Crippen LogP contribution in [0.1, 0.15) is 28.6 Å². The van der Waals surface area contributed by atoms with Crippen molar-refractivity contribution in [1.82, 2.24) is 14.5 Å². The third-order valence-corrected chi connectivity index (χ3v) is 4.51. The zero-order valence-corrected chi connectivity index (χ0v) is 14.5. The fraction of sp³-hybridized carbons (Fsp3) is 0.150. The summed E-state index contributed by atoms with van der Waals surface area (Å²) in [6, 6.07) is 14.0. The summed E-state index contributed by atoms with van der Waals surface area (Å²) in [6.07, 6.45) is 3.39. The van der Waals surface area contributed by atoms with Gasteiger partial charge in [-0.25, -0.2) is 4.98 Å². The summed E-state index contributed by atoms with van der Waals surface area (Å²) < 4.78 is 7.76. The lowest BCUT2D eigenvalue weighted by molar-refractivity contribution is 0.370. The van der Waals surface area contributed by atoms with Crippen molar-refractivity contribution in [1.29, 1.82) is 5.26 Å². The van der Waals surface area contributed by atoms with Gasteiger partial charge in [0.25, 0.3) is 0 Å². The molecule has 1 aliphatic rings. The van der Waals surface area contributed by atoms with Gasteiger partial charge in [-0.2, -0.15) is 5.26 Å². The predicted octanol–water partition coefficient (Wildman–Crippen LogP) is 3.10. The van der Waals surface area contributed by atoms with Gasteiger partial charge < -0.3 is 10.5 Å². The van der Waals surface area contributed by atoms with E-state index in [2.05, 4.69) is 11.1 Å². The van der Waals surface area contributed by atoms with Crippen LogP contribution < -0.4 is 10.5 Å². The number of nitrogens with zero attached hydrogens (tertiary/aromatic N) is 4. The second-order valence-electron chi connectivity index (χ2n) is 6.23. The fourth-order valence-electron chi connectivity index (χ4n) is 3.26. The number of fused-ring (bicyclic) bond motifs is 1. The number of hydrogen-bond acceptors (Lipinski definition) is 5. The minimum atomic E-state index is -0.378. The first kappa shape index (κ1) is 15.9. The largest absolute Gasteiger partial charge is 0.422 e. The maximum Gasteiger partial charge on any atom is 0.230 e. The first-order chi connectivity index (χ1) is 12.6. The molecule has 3 aromatic rings. The lowest BCUT2D eigenvalue weighted by Gasteiger charge is -2.23. The molecule has 1 aliphatic heterocycles. The summed E-state index contributed by atoms with van der Waals surface area (Å²) in [5, 5.41) is 9.62. The lowest BCUT2D eigenvalue weighted by Crippen LogP contribution is -2.22. The molecule has 0 fully saturated rings. The molecule has 1 atom stereocenters. The molecule has 26 heavy (non-hydrogen) atoms. The standard InChI is InChI=1S/C20H17N5O/c1-12-3-5-15(6-4-12)25-13(2)24-18-17(14-7-9-23-10-8-14)16(11-21)19(22)26-20(18)25/h3-10,17H,22H2,1-2H3. The van der Waals surface area contributed by atoms with Gasteiger partial charge in [0.05, 0.1) is 11.6 Å². The van der Waals surface area contributed by atoms with Gasteiger partial charge in [-0.1, -0.05) is 17.7 Å². The van der Waals surface area contributed by atoms with Gasteiger partial charge >= 0.3 is 0 Å². The van der Waals surface area contributed by atoms with Crippen molar-refractivity contribution < 1.29 is 4.74 Å². The number of pyridine rings is 1. The maximum atomic E-state index is 9.62. The van der Waals surface area contributed by atoms with Gasteiger partial charge in [0.2, 0.25) is 11.8 Å². The molecular formula is C20H17N5O. The van der Waals surface area contributed by atoms with Crippen molar-refractivity contribution in [3.8, 4) is 17.6 Å². The minimum absolute atomic E-state index is 0.107. The Morgan fingerprint density at radius 3 is 2.46 bits per heavy atom. The molecule has 0 bridgehead atoms. The average molecular weight is 343 g/mol. The zero-order valence-electron chi connectivity index (χ0n) is 14.5. The van der Waals surface area contributed by atoms with Crippen molar-refractivity contribution in [3.63, 3.8) is 0 Å². The van der Waals surface area contributed by atoms with E-state index in [0.29, 0.717) is 17.1 Å². The quantitative estimate of drug-likeness (QED) is 0.772. The Balaban J connectivity index is 1.94. The van der Waals surface area contributed by atoms with Crippen LogP contribution in [0.3, 0.4) is 0 Å². The van der Waals surface area contributed by atoms with Crippen LogP contribution >= 0.6 is 0 Å². The smallest absolute Gasteiger partial charge is 0.230 e. The molecule has 0 saturated carbocycles. The number of benzene rings is 1. The van der Waals surface area contributed by atoms with Gasteiger partial charge in [0.15, 0.2) is 0 Å². The third kappa shape index (κ3) is 2.42. The van der Waals surface area contributed by atoms with Crippen molar-refractivity contribution in [2.24, 2.45) is 5.73 Å². The monoisotopic (exact) mass is 343 g/mol. The summed E-state index contributed by atoms with van der Waals surface area (Å²) in [7, 11) is 0. The van der Waals surface area contributed by atoms with Crippen LogP contribution in [0.5, 0.6) is 5.88 Å². The van der Waals surface area contributed by atoms with Crippen LogP contribution in [-0.4, -0.2) is 14.5 Å². The lowest BCUT2D eigenvalue weighted by atomic mass is 9.88. The van der Waals surface area contributed by atoms with Crippen LogP contribution in [-0.2, 0) is 0 Å². The van der Waals surface area contributed by atoms with Crippen molar-refractivity contribution >= 4 is 0 Å². The molecule has 0 amide bonds. The van der Waals surface area contributed by atoms with Gasteiger partial charge in [0, 0.05) is 12.4 Å². The summed E-state index contributed by atoms with van der Waals surface area (Å²) in [6.45, 7) is 3.95. The van der Waals surface area contributed by atoms with E-state index in [4.69, 9.17) is 15.5 Å². The Kier molecular flexibility index (Phi) is 3.70. The molecule has 6 nitrogen and oxygen atoms in total. The van der Waals surface area contributed by atoms with E-state index in [1.54, 1.807) is 12.4 Å². The highest BCUT2D eigenvalue weighted by Gasteiger charge is 2.35. The topological polar surface area (TPSA) is 89.8 Å². The molecule has 0 aliphatic carbocycles. The van der Waals surface area contributed by atoms with E-state index >= 15 is 0 Å². The molecule has 6 heteroatoms. The second-order valence-corrected chi connectivity index (χ2v) is 6.23. The maximum absolute atomic E-state index is 9.62. The first-order valence-corrected chi connectivity index (χ1v) is 8.24. The van der Waals surface area contributed by atoms with Crippen molar-refractivity contribution in [2.75, 3.05) is 0 Å². The molecular weight excluding hydrogens is 326 g/mol. The van der Waals surface area contributed by atoms with Gasteiger partial charge in [0.1, 0.15) is 23.2 Å². The van der Waals surface area contributed by atoms with E-state index in [1.807, 2.05) is 54.8 Å². The normalized spacial score (nSPS) is 16.0. The van der Waals surface area contributed by atoms with E-state index < -0.39 is 0 Å². The number of allylic oxidation sites excluding steroid dienone is 1. The Hall–Kier alpha value is -3.59. The van der Waals surface area contributed by atoms with Crippen molar-refractivity contribution in [2.45, 2.75) is 19.8 Å². The van der Waals surface area contributed by atoms with Crippen molar-refractivity contribution in [3.05, 3.63) is 82.9 Å². The number of aromatic nitrogens is 3. The fourth-order valence-corrected chi connectivity index (χ4v) is 3.26. The van der Waals surface area contributed by atoms with Gasteiger partial charge in [-0.3, -0.25) is 9.55 Å². The van der Waals surface area contributed by atoms with Gasteiger partial charge in [-0.15, -0.1) is 0 Å². The molecule has 2 N–H and O–H groups in total. The predicted molar refractivity (Wildman–Crippen MR) is 96.6 cm³/mol. The Morgan fingerprint density at radius 2 is 1.81 bits per heavy atom. The summed E-state index contributed by atoms with van der Waals surface area (Å²) in [5.41, 5.74) is 10.1. The minimum Gasteiger partial charge on any atom is -0.422 e. The van der Waals surface area contributed by atoms with E-state index in [0.717, 1.165) is 17.1 Å². The number of ether oxygens (including phenoxy) is 1. The Labute approximate surface area is 151 Å². The highest BCUT2D eigenvalue weighted by molar-refractivity contribution is 5.54. The van der Waals surface area contributed by atoms with E-state index in [9.17, 15) is 5.26 Å². The SMILES string of the molecule is Cc1ccc(-n2c(C)nc3c2OC(N)=C(C#N)C3c2ccncc2)cc1. The number of hydrogen-bond donors (Lipinski definition) is 1. The molecule has 4 rings (SSSR count). The second kappa shape index (κ2) is 6.05. The number of aryl methyl sites for hydroxylation is 2. The molecule has 2 aromatic heterocycles. The molecule has 3 heterocycles. The summed E-state index contributed by atoms with van der Waals surface area (Å²) >= 11 is 0. The Bertz CT molecular complexity index is 1040. The third-order valence-electron chi connectivity index (χ3n) is 4.51. The average Bonchev–Trinajstić information content (AvgIpc) is 2.97. The number of nitrogens with two attached hydrogens (primary N) is 1. The molecule has 1 unspecified atom stereocenters. The number of imidazole rings is 1. The van der Waals surface area contributed by atoms with Gasteiger partial charge in [-0.05, 0) is 43.7 Å². The highest BCUT2D eigenvalue weighted by Crippen LogP contribution is 2.42. The van der Waals surface area contributed by atoms with E-state index in [-0.39, 0.29) is 11.8 Å². The van der Waals surface area contributed by atoms with Crippen LogP contribution in [0.15, 0.2) is 60.2 Å². The van der Waals surface area contributed by atoms with Crippen LogP contribution in [0.4, 0.5) is 0 Å². The molecule has 0 saturated heterocycles.